The van der Waals surface area contributed by atoms with Crippen LogP contribution in [0.4, 0.5) is 8.78 Å². The van der Waals surface area contributed by atoms with Gasteiger partial charge in [0.15, 0.2) is 17.3 Å². The van der Waals surface area contributed by atoms with Crippen molar-refractivity contribution in [2.75, 3.05) is 13.2 Å². The molecule has 2 aromatic carbocycles. The Labute approximate surface area is 150 Å². The quantitative estimate of drug-likeness (QED) is 0.618. The van der Waals surface area contributed by atoms with Crippen LogP contribution >= 0.6 is 0 Å². The lowest BCUT2D eigenvalue weighted by molar-refractivity contribution is 0.101. The van der Waals surface area contributed by atoms with E-state index in [1.54, 1.807) is 0 Å². The summed E-state index contributed by atoms with van der Waals surface area (Å²) < 4.78 is 57.5. The van der Waals surface area contributed by atoms with Crippen LogP contribution in [-0.4, -0.2) is 27.4 Å². The highest BCUT2D eigenvalue weighted by molar-refractivity contribution is 7.89. The van der Waals surface area contributed by atoms with Gasteiger partial charge in [-0.3, -0.25) is 4.79 Å². The lowest BCUT2D eigenvalue weighted by Gasteiger charge is -2.04. The second-order valence-corrected chi connectivity index (χ2v) is 6.89. The van der Waals surface area contributed by atoms with Gasteiger partial charge in [-0.2, -0.15) is 4.72 Å². The van der Waals surface area contributed by atoms with E-state index >= 15 is 0 Å². The number of ketones is 1. The van der Waals surface area contributed by atoms with Crippen LogP contribution < -0.4 is 9.46 Å². The van der Waals surface area contributed by atoms with Crippen molar-refractivity contribution in [3.63, 3.8) is 0 Å². The summed E-state index contributed by atoms with van der Waals surface area (Å²) >= 11 is 0. The molecule has 0 saturated carbocycles. The largest absolute Gasteiger partial charge is 0.478 e. The molecule has 8 heteroatoms. The fourth-order valence-electron chi connectivity index (χ4n) is 1.90. The van der Waals surface area contributed by atoms with E-state index in [9.17, 15) is 22.0 Å². The van der Waals surface area contributed by atoms with E-state index in [4.69, 9.17) is 4.74 Å². The molecule has 0 heterocycles. The summed E-state index contributed by atoms with van der Waals surface area (Å²) in [4.78, 5) is 11.2. The van der Waals surface area contributed by atoms with E-state index in [0.29, 0.717) is 11.6 Å². The third kappa shape index (κ3) is 5.37. The Balaban J connectivity index is 1.87. The second kappa shape index (κ2) is 8.56. The van der Waals surface area contributed by atoms with Crippen molar-refractivity contribution in [1.82, 2.24) is 4.72 Å². The topological polar surface area (TPSA) is 72.5 Å². The van der Waals surface area contributed by atoms with Crippen molar-refractivity contribution in [3.8, 4) is 17.6 Å². The lowest BCUT2D eigenvalue weighted by atomic mass is 10.2. The normalized spacial score (nSPS) is 10.7. The molecule has 26 heavy (non-hydrogen) atoms. The number of ether oxygens (including phenoxy) is 1. The monoisotopic (exact) mass is 379 g/mol. The highest BCUT2D eigenvalue weighted by atomic mass is 32.2. The van der Waals surface area contributed by atoms with Crippen molar-refractivity contribution in [1.29, 1.82) is 0 Å². The number of carbonyl (C=O) groups is 1. The Morgan fingerprint density at radius 1 is 1.12 bits per heavy atom. The van der Waals surface area contributed by atoms with Crippen LogP contribution in [0.1, 0.15) is 17.3 Å². The van der Waals surface area contributed by atoms with E-state index in [2.05, 4.69) is 16.6 Å². The molecule has 0 radical (unpaired) electrons. The zero-order valence-electron chi connectivity index (χ0n) is 13.8. The maximum atomic E-state index is 13.3. The summed E-state index contributed by atoms with van der Waals surface area (Å²) in [7, 11) is -3.76. The van der Waals surface area contributed by atoms with Crippen molar-refractivity contribution in [3.05, 3.63) is 59.7 Å². The molecule has 136 valence electrons. The smallest absolute Gasteiger partial charge is 0.241 e. The minimum atomic E-state index is -3.76. The Morgan fingerprint density at radius 2 is 1.81 bits per heavy atom. The zero-order valence-corrected chi connectivity index (χ0v) is 14.6. The first-order valence-corrected chi connectivity index (χ1v) is 8.92. The van der Waals surface area contributed by atoms with E-state index in [0.717, 1.165) is 12.1 Å². The minimum Gasteiger partial charge on any atom is -0.478 e. The summed E-state index contributed by atoms with van der Waals surface area (Å²) in [5.74, 6) is 3.18. The number of nitrogens with one attached hydrogen (secondary N) is 1. The van der Waals surface area contributed by atoms with Gasteiger partial charge in [0.25, 0.3) is 0 Å². The third-order valence-corrected chi connectivity index (χ3v) is 4.66. The van der Waals surface area contributed by atoms with Gasteiger partial charge in [0.05, 0.1) is 11.4 Å². The first-order chi connectivity index (χ1) is 12.3. The number of Topliss-reactive ketones (excluding diaryl/α,β-unsaturated/α-hetero) is 1. The van der Waals surface area contributed by atoms with Crippen LogP contribution in [-0.2, 0) is 10.0 Å². The second-order valence-electron chi connectivity index (χ2n) is 5.12. The average Bonchev–Trinajstić information content (AvgIpc) is 2.59. The summed E-state index contributed by atoms with van der Waals surface area (Å²) in [5.41, 5.74) is 0.411. The first kappa shape index (κ1) is 19.6. The maximum Gasteiger partial charge on any atom is 0.241 e. The SMILES string of the molecule is CC(=O)c1ccc(S(=O)(=O)NCC#CCOc2ccc(F)cc2F)cc1. The molecule has 0 aliphatic carbocycles. The van der Waals surface area contributed by atoms with Crippen molar-refractivity contribution >= 4 is 15.8 Å². The van der Waals surface area contributed by atoms with E-state index in [1.165, 1.54) is 31.2 Å². The van der Waals surface area contributed by atoms with Gasteiger partial charge in [-0.25, -0.2) is 17.2 Å². The van der Waals surface area contributed by atoms with Gasteiger partial charge in [-0.15, -0.1) is 0 Å². The molecule has 0 aromatic heterocycles. The van der Waals surface area contributed by atoms with Crippen LogP contribution in [0.15, 0.2) is 47.4 Å². The molecule has 0 saturated heterocycles. The van der Waals surface area contributed by atoms with Gasteiger partial charge in [0, 0.05) is 11.6 Å². The van der Waals surface area contributed by atoms with Gasteiger partial charge in [-0.1, -0.05) is 24.0 Å². The number of halogens is 2. The summed E-state index contributed by atoms with van der Waals surface area (Å²) in [6.07, 6.45) is 0. The molecule has 2 aromatic rings. The van der Waals surface area contributed by atoms with Gasteiger partial charge in [0.1, 0.15) is 12.4 Å². The van der Waals surface area contributed by atoms with Crippen LogP contribution in [0.2, 0.25) is 0 Å². The molecule has 5 nitrogen and oxygen atoms in total. The number of sulfonamides is 1. The molecule has 0 aliphatic heterocycles. The van der Waals surface area contributed by atoms with Crippen molar-refractivity contribution < 1.29 is 26.7 Å². The Kier molecular flexibility index (Phi) is 6.44. The van der Waals surface area contributed by atoms with Crippen LogP contribution in [0.5, 0.6) is 5.75 Å². The number of rotatable bonds is 6. The average molecular weight is 379 g/mol. The highest BCUT2D eigenvalue weighted by Gasteiger charge is 2.13. The maximum absolute atomic E-state index is 13.3. The number of hydrogen-bond acceptors (Lipinski definition) is 4. The zero-order chi connectivity index (χ0) is 19.2. The molecule has 0 amide bonds. The molecule has 0 atom stereocenters. The molecular weight excluding hydrogens is 364 g/mol. The molecule has 0 aliphatic rings. The van der Waals surface area contributed by atoms with Crippen molar-refractivity contribution in [2.45, 2.75) is 11.8 Å². The van der Waals surface area contributed by atoms with Gasteiger partial charge < -0.3 is 4.74 Å². The van der Waals surface area contributed by atoms with Gasteiger partial charge in [-0.05, 0) is 31.2 Å². The molecule has 0 fully saturated rings. The Morgan fingerprint density at radius 3 is 2.42 bits per heavy atom. The van der Waals surface area contributed by atoms with Crippen molar-refractivity contribution in [2.24, 2.45) is 0 Å². The first-order valence-electron chi connectivity index (χ1n) is 7.44. The molecule has 0 unspecified atom stereocenters. The number of hydrogen-bond donors (Lipinski definition) is 1. The molecule has 0 bridgehead atoms. The van der Waals surface area contributed by atoms with Gasteiger partial charge >= 0.3 is 0 Å². The highest BCUT2D eigenvalue weighted by Crippen LogP contribution is 2.17. The lowest BCUT2D eigenvalue weighted by Crippen LogP contribution is -2.24. The Bertz CT molecular complexity index is 961. The van der Waals surface area contributed by atoms with Crippen LogP contribution in [0, 0.1) is 23.5 Å². The molecule has 1 N–H and O–H groups in total. The Hall–Kier alpha value is -2.76. The van der Waals surface area contributed by atoms with Crippen LogP contribution in [0.25, 0.3) is 0 Å². The summed E-state index contributed by atoms with van der Waals surface area (Å²) in [6, 6.07) is 8.38. The summed E-state index contributed by atoms with van der Waals surface area (Å²) in [5, 5.41) is 0. The third-order valence-electron chi connectivity index (χ3n) is 3.24. The van der Waals surface area contributed by atoms with E-state index in [-0.39, 0.29) is 29.6 Å². The van der Waals surface area contributed by atoms with Gasteiger partial charge in [0.2, 0.25) is 10.0 Å². The van der Waals surface area contributed by atoms with E-state index in [1.807, 2.05) is 0 Å². The predicted octanol–water partition coefficient (Wildman–Crippen LogP) is 2.53. The van der Waals surface area contributed by atoms with Crippen LogP contribution in [0.3, 0.4) is 0 Å². The fourth-order valence-corrected chi connectivity index (χ4v) is 2.83. The molecular formula is C18H15F2NO4S. The standard InChI is InChI=1S/C18H15F2NO4S/c1-13(22)14-4-7-16(8-5-14)26(23,24)21-10-2-3-11-25-18-9-6-15(19)12-17(18)20/h4-9,12,21H,10-11H2,1H3. The molecule has 0 spiro atoms. The summed E-state index contributed by atoms with van der Waals surface area (Å²) in [6.45, 7) is 1.03. The molecule has 2 rings (SSSR count). The minimum absolute atomic E-state index is 0.00827. The van der Waals surface area contributed by atoms with E-state index < -0.39 is 21.7 Å². The number of carbonyl (C=O) groups excluding carboxylic acids is 1. The fraction of sp³-hybridized carbons (Fsp3) is 0.167. The predicted molar refractivity (Wildman–Crippen MR) is 91.3 cm³/mol. The number of benzene rings is 2.